The van der Waals surface area contributed by atoms with Crippen LogP contribution in [0.15, 0.2) is 42.0 Å². The Morgan fingerprint density at radius 3 is 2.63 bits per heavy atom. The van der Waals surface area contributed by atoms with Gasteiger partial charge in [-0.15, -0.1) is 11.3 Å². The lowest BCUT2D eigenvalue weighted by Crippen LogP contribution is -2.13. The number of fused-ring (bicyclic) bond motifs is 1. The van der Waals surface area contributed by atoms with Gasteiger partial charge in [0, 0.05) is 17.0 Å². The van der Waals surface area contributed by atoms with Gasteiger partial charge in [-0.3, -0.25) is 14.9 Å². The summed E-state index contributed by atoms with van der Waals surface area (Å²) in [6, 6.07) is 13.6. The number of halogens is 1. The molecule has 4 rings (SSSR count). The van der Waals surface area contributed by atoms with Crippen molar-refractivity contribution in [3.63, 3.8) is 0 Å². The van der Waals surface area contributed by atoms with Crippen molar-refractivity contribution in [3.8, 4) is 23.6 Å². The number of methoxy groups -OCH3 is 1. The molecule has 1 aliphatic carbocycles. The van der Waals surface area contributed by atoms with Crippen LogP contribution in [-0.4, -0.2) is 17.9 Å². The molecule has 1 N–H and O–H groups in total. The number of anilines is 1. The van der Waals surface area contributed by atoms with Gasteiger partial charge in [0.05, 0.1) is 21.2 Å². The van der Waals surface area contributed by atoms with Crippen LogP contribution in [0.2, 0.25) is 0 Å². The van der Waals surface area contributed by atoms with E-state index in [9.17, 15) is 25.4 Å². The van der Waals surface area contributed by atoms with Gasteiger partial charge in [0.2, 0.25) is 0 Å². The van der Waals surface area contributed by atoms with Crippen molar-refractivity contribution in [2.75, 3.05) is 12.4 Å². The minimum Gasteiger partial charge on any atom is -0.493 e. The summed E-state index contributed by atoms with van der Waals surface area (Å²) in [5.41, 5.74) is 2.68. The lowest BCUT2D eigenvalue weighted by Gasteiger charge is -2.14. The fourth-order valence-corrected chi connectivity index (χ4v) is 6.11. The molecule has 38 heavy (non-hydrogen) atoms. The highest BCUT2D eigenvalue weighted by atomic mass is 127. The molecule has 1 aliphatic rings. The summed E-state index contributed by atoms with van der Waals surface area (Å²) in [6.45, 7) is 0.164. The fraction of sp³-hybridized carbons (Fsp3) is 0.222. The van der Waals surface area contributed by atoms with Crippen LogP contribution in [0.5, 0.6) is 11.5 Å². The van der Waals surface area contributed by atoms with Gasteiger partial charge >= 0.3 is 0 Å². The maximum absolute atomic E-state index is 13.0. The number of nitrogens with one attached hydrogen (secondary N) is 1. The van der Waals surface area contributed by atoms with Crippen molar-refractivity contribution < 1.29 is 19.2 Å². The van der Waals surface area contributed by atoms with E-state index in [-0.39, 0.29) is 17.9 Å². The summed E-state index contributed by atoms with van der Waals surface area (Å²) in [6.07, 6.45) is 5.25. The van der Waals surface area contributed by atoms with Gasteiger partial charge in [-0.1, -0.05) is 0 Å². The Kier molecular flexibility index (Phi) is 8.61. The third-order valence-electron chi connectivity index (χ3n) is 5.97. The van der Waals surface area contributed by atoms with Crippen molar-refractivity contribution in [3.05, 3.63) is 82.8 Å². The van der Waals surface area contributed by atoms with E-state index >= 15 is 0 Å². The lowest BCUT2D eigenvalue weighted by atomic mass is 9.96. The first-order valence-electron chi connectivity index (χ1n) is 11.6. The minimum atomic E-state index is -0.588. The molecule has 0 atom stereocenters. The minimum absolute atomic E-state index is 0.00286. The van der Waals surface area contributed by atoms with E-state index in [0.29, 0.717) is 31.2 Å². The Balaban J connectivity index is 1.53. The number of nitrogens with zero attached hydrogens (tertiary/aromatic N) is 3. The molecule has 0 spiro atoms. The summed E-state index contributed by atoms with van der Waals surface area (Å²) in [5.74, 6) is 0.282. The smallest absolute Gasteiger partial charge is 0.269 e. The molecule has 3 aromatic rings. The number of amides is 1. The van der Waals surface area contributed by atoms with Crippen LogP contribution in [0.1, 0.15) is 40.0 Å². The Hall–Kier alpha value is -3.94. The molecule has 0 saturated carbocycles. The Morgan fingerprint density at radius 2 is 1.97 bits per heavy atom. The van der Waals surface area contributed by atoms with E-state index in [1.807, 2.05) is 6.07 Å². The van der Waals surface area contributed by atoms with Crippen LogP contribution in [0.3, 0.4) is 0 Å². The van der Waals surface area contributed by atoms with Gasteiger partial charge in [-0.2, -0.15) is 10.5 Å². The van der Waals surface area contributed by atoms with Crippen LogP contribution < -0.4 is 14.8 Å². The van der Waals surface area contributed by atoms with E-state index in [0.717, 1.165) is 41.7 Å². The quantitative estimate of drug-likeness (QED) is 0.103. The second-order valence-corrected chi connectivity index (χ2v) is 10.7. The molecule has 9 nitrogen and oxygen atoms in total. The number of nitriles is 2. The van der Waals surface area contributed by atoms with Gasteiger partial charge in [0.25, 0.3) is 11.6 Å². The highest BCUT2D eigenvalue weighted by molar-refractivity contribution is 14.1. The number of hydrogen-bond acceptors (Lipinski definition) is 8. The number of ether oxygens (including phenoxy) is 2. The number of nitro groups is 1. The average Bonchev–Trinajstić information content (AvgIpc) is 3.27. The highest BCUT2D eigenvalue weighted by Crippen LogP contribution is 2.38. The molecular formula is C27H21IN4O5S. The summed E-state index contributed by atoms with van der Waals surface area (Å²) < 4.78 is 12.1. The normalized spacial score (nSPS) is 12.6. The molecule has 1 aromatic heterocycles. The highest BCUT2D eigenvalue weighted by Gasteiger charge is 2.23. The summed E-state index contributed by atoms with van der Waals surface area (Å²) >= 11 is 3.48. The van der Waals surface area contributed by atoms with Crippen LogP contribution in [-0.2, 0) is 24.2 Å². The number of nitro benzene ring substituents is 1. The number of non-ortho nitro benzene ring substituents is 1. The molecule has 1 heterocycles. The molecule has 192 valence electrons. The Bertz CT molecular complexity index is 1520. The largest absolute Gasteiger partial charge is 0.493 e. The molecule has 0 aliphatic heterocycles. The van der Waals surface area contributed by atoms with Crippen LogP contribution in [0.25, 0.3) is 6.08 Å². The summed E-state index contributed by atoms with van der Waals surface area (Å²) in [7, 11) is 1.48. The molecular weight excluding hydrogens is 619 g/mol. The summed E-state index contributed by atoms with van der Waals surface area (Å²) in [4.78, 5) is 24.5. The fourth-order valence-electron chi connectivity index (χ4n) is 4.09. The van der Waals surface area contributed by atoms with Gasteiger partial charge in [0.15, 0.2) is 11.5 Å². The predicted octanol–water partition coefficient (Wildman–Crippen LogP) is 6.14. The van der Waals surface area contributed by atoms with Gasteiger partial charge in [0.1, 0.15) is 29.3 Å². The molecule has 0 fully saturated rings. The molecule has 2 aromatic carbocycles. The number of thiophene rings is 1. The SMILES string of the molecule is COc1cc(/C=C(\C#N)C(=O)Nc2sc3c(c2C#N)CCCC3)cc(I)c1OCc1ccc([N+](=O)[O-])cc1. The lowest BCUT2D eigenvalue weighted by molar-refractivity contribution is -0.384. The molecule has 0 saturated heterocycles. The second kappa shape index (κ2) is 12.1. The predicted molar refractivity (Wildman–Crippen MR) is 151 cm³/mol. The first kappa shape index (κ1) is 27.1. The van der Waals surface area contributed by atoms with Crippen LogP contribution in [0, 0.1) is 36.3 Å². The third-order valence-corrected chi connectivity index (χ3v) is 7.98. The number of benzene rings is 2. The maximum Gasteiger partial charge on any atom is 0.269 e. The van der Waals surface area contributed by atoms with E-state index in [4.69, 9.17) is 9.47 Å². The zero-order chi connectivity index (χ0) is 27.2. The van der Waals surface area contributed by atoms with Crippen molar-refractivity contribution in [1.29, 1.82) is 10.5 Å². The first-order chi connectivity index (χ1) is 18.3. The molecule has 0 radical (unpaired) electrons. The number of carbonyl (C=O) groups excluding carboxylic acids is 1. The first-order valence-corrected chi connectivity index (χ1v) is 13.5. The van der Waals surface area contributed by atoms with Gasteiger partial charge < -0.3 is 14.8 Å². The Morgan fingerprint density at radius 1 is 1.24 bits per heavy atom. The van der Waals surface area contributed by atoms with Crippen LogP contribution >= 0.6 is 33.9 Å². The average molecular weight is 640 g/mol. The molecule has 0 unspecified atom stereocenters. The monoisotopic (exact) mass is 640 g/mol. The van der Waals surface area contributed by atoms with E-state index < -0.39 is 10.8 Å². The third kappa shape index (κ3) is 5.96. The number of carbonyl (C=O) groups is 1. The maximum atomic E-state index is 13.0. The zero-order valence-corrected chi connectivity index (χ0v) is 23.2. The van der Waals surface area contributed by atoms with Crippen molar-refractivity contribution in [2.24, 2.45) is 0 Å². The van der Waals surface area contributed by atoms with Crippen LogP contribution in [0.4, 0.5) is 10.7 Å². The Labute approximate surface area is 236 Å². The molecule has 1 amide bonds. The standard InChI is InChI=1S/C27H21IN4O5S/c1-36-23-12-17(11-22(28)25(23)37-15-16-6-8-19(9-7-16)32(34)35)10-18(13-29)26(33)31-27-21(14-30)20-4-2-3-5-24(20)38-27/h6-12H,2-5,15H2,1H3,(H,31,33)/b18-10+. The summed E-state index contributed by atoms with van der Waals surface area (Å²) in [5, 5.41) is 33.4. The molecule has 11 heteroatoms. The number of rotatable bonds is 8. The second-order valence-electron chi connectivity index (χ2n) is 8.40. The van der Waals surface area contributed by atoms with E-state index in [1.165, 1.54) is 36.7 Å². The number of aryl methyl sites for hydroxylation is 1. The van der Waals surface area contributed by atoms with E-state index in [1.54, 1.807) is 24.3 Å². The van der Waals surface area contributed by atoms with E-state index in [2.05, 4.69) is 34.0 Å². The van der Waals surface area contributed by atoms with Crippen molar-refractivity contribution >= 4 is 56.6 Å². The zero-order valence-electron chi connectivity index (χ0n) is 20.2. The molecule has 0 bridgehead atoms. The topological polar surface area (TPSA) is 138 Å². The number of hydrogen-bond donors (Lipinski definition) is 1. The van der Waals surface area contributed by atoms with Gasteiger partial charge in [-0.05, 0) is 95.3 Å². The van der Waals surface area contributed by atoms with Crippen molar-refractivity contribution in [2.45, 2.75) is 32.3 Å². The van der Waals surface area contributed by atoms with Crippen molar-refractivity contribution in [1.82, 2.24) is 0 Å². The van der Waals surface area contributed by atoms with Gasteiger partial charge in [-0.25, -0.2) is 0 Å².